The van der Waals surface area contributed by atoms with E-state index in [9.17, 15) is 14.4 Å². The highest BCUT2D eigenvalue weighted by atomic mass is 35.5. The molecule has 2 fully saturated rings. The molecule has 0 unspecified atom stereocenters. The summed E-state index contributed by atoms with van der Waals surface area (Å²) in [7, 11) is 3.95. The van der Waals surface area contributed by atoms with Gasteiger partial charge in [-0.1, -0.05) is 43.5 Å². The van der Waals surface area contributed by atoms with Gasteiger partial charge in [0.05, 0.1) is 0 Å². The van der Waals surface area contributed by atoms with Crippen LogP contribution in [0.1, 0.15) is 44.1 Å². The molecule has 1 saturated heterocycles. The van der Waals surface area contributed by atoms with E-state index < -0.39 is 17.8 Å². The van der Waals surface area contributed by atoms with Gasteiger partial charge in [0, 0.05) is 38.2 Å². The number of barbiturate groups is 1. The van der Waals surface area contributed by atoms with Crippen molar-refractivity contribution in [3.8, 4) is 0 Å². The quantitative estimate of drug-likeness (QED) is 0.355. The largest absolute Gasteiger partial charge is 0.378 e. The first kappa shape index (κ1) is 23.1. The predicted molar refractivity (Wildman–Crippen MR) is 124 cm³/mol. The zero-order chi connectivity index (χ0) is 22.4. The number of carbonyl (C=O) groups is 3. The van der Waals surface area contributed by atoms with Crippen LogP contribution in [0.25, 0.3) is 6.08 Å². The maximum Gasteiger partial charge on any atom is 0.334 e. The van der Waals surface area contributed by atoms with Crippen LogP contribution in [0.3, 0.4) is 0 Å². The first-order valence-corrected chi connectivity index (χ1v) is 11.4. The Hall–Kier alpha value is -2.60. The maximum atomic E-state index is 13.2. The van der Waals surface area contributed by atoms with Gasteiger partial charge >= 0.3 is 6.03 Å². The number of hydrogen-bond acceptors (Lipinski definition) is 4. The summed E-state index contributed by atoms with van der Waals surface area (Å²) in [5, 5.41) is 0. The molecule has 1 aromatic rings. The monoisotopic (exact) mass is 443 g/mol. The van der Waals surface area contributed by atoms with Crippen LogP contribution < -0.4 is 4.90 Å². The maximum absolute atomic E-state index is 13.2. The van der Waals surface area contributed by atoms with Crippen molar-refractivity contribution >= 4 is 41.2 Å². The lowest BCUT2D eigenvalue weighted by Gasteiger charge is -2.39. The molecule has 2 aliphatic rings. The van der Waals surface area contributed by atoms with Gasteiger partial charge in [0.2, 0.25) is 0 Å². The van der Waals surface area contributed by atoms with Crippen molar-refractivity contribution in [1.29, 1.82) is 0 Å². The average molecular weight is 444 g/mol. The second-order valence-electron chi connectivity index (χ2n) is 8.17. The molecule has 1 saturated carbocycles. The molecular formula is C24H30ClN3O3. The van der Waals surface area contributed by atoms with Crippen molar-refractivity contribution in [3.63, 3.8) is 0 Å². The van der Waals surface area contributed by atoms with Crippen LogP contribution in [0, 0.1) is 0 Å². The van der Waals surface area contributed by atoms with Crippen molar-refractivity contribution in [3.05, 3.63) is 47.6 Å². The van der Waals surface area contributed by atoms with Crippen LogP contribution in [0.2, 0.25) is 0 Å². The number of urea groups is 1. The van der Waals surface area contributed by atoms with E-state index in [0.717, 1.165) is 43.4 Å². The normalized spacial score (nSPS) is 19.7. The van der Waals surface area contributed by atoms with E-state index in [4.69, 9.17) is 11.6 Å². The fourth-order valence-electron chi connectivity index (χ4n) is 4.03. The lowest BCUT2D eigenvalue weighted by molar-refractivity contribution is -0.137. The van der Waals surface area contributed by atoms with Crippen molar-refractivity contribution in [2.75, 3.05) is 31.4 Å². The summed E-state index contributed by atoms with van der Waals surface area (Å²) in [6.07, 6.45) is 10.2. The molecule has 31 heavy (non-hydrogen) atoms. The molecular weight excluding hydrogens is 414 g/mol. The molecule has 0 atom stereocenters. The summed E-state index contributed by atoms with van der Waals surface area (Å²) in [5.41, 5.74) is 2.07. The molecule has 1 heterocycles. The number of allylic oxidation sites excluding steroid dienone is 2. The highest BCUT2D eigenvalue weighted by Crippen LogP contribution is 2.28. The lowest BCUT2D eigenvalue weighted by Crippen LogP contribution is -2.59. The molecule has 1 aliphatic carbocycles. The zero-order valence-corrected chi connectivity index (χ0v) is 19.0. The molecule has 3 rings (SSSR count). The van der Waals surface area contributed by atoms with E-state index in [2.05, 4.69) is 0 Å². The summed E-state index contributed by atoms with van der Waals surface area (Å²) in [4.78, 5) is 43.6. The Kier molecular flexibility index (Phi) is 7.91. The molecule has 0 bridgehead atoms. The summed E-state index contributed by atoms with van der Waals surface area (Å²) in [6, 6.07) is 7.29. The molecule has 0 N–H and O–H groups in total. The van der Waals surface area contributed by atoms with Gasteiger partial charge in [-0.25, -0.2) is 4.79 Å². The summed E-state index contributed by atoms with van der Waals surface area (Å²) in [5.74, 6) is -0.688. The van der Waals surface area contributed by atoms with Crippen molar-refractivity contribution in [2.45, 2.75) is 44.6 Å². The van der Waals surface area contributed by atoms with E-state index in [1.165, 1.54) is 15.9 Å². The second kappa shape index (κ2) is 10.6. The molecule has 166 valence electrons. The number of nitrogens with zero attached hydrogens (tertiary/aromatic N) is 3. The van der Waals surface area contributed by atoms with E-state index in [-0.39, 0.29) is 18.2 Å². The smallest absolute Gasteiger partial charge is 0.334 e. The van der Waals surface area contributed by atoms with Crippen molar-refractivity contribution < 1.29 is 14.4 Å². The Morgan fingerprint density at radius 2 is 1.71 bits per heavy atom. The van der Waals surface area contributed by atoms with Gasteiger partial charge in [0.25, 0.3) is 11.8 Å². The molecule has 0 radical (unpaired) electrons. The molecule has 4 amide bonds. The van der Waals surface area contributed by atoms with Crippen molar-refractivity contribution in [2.24, 2.45) is 0 Å². The van der Waals surface area contributed by atoms with Gasteiger partial charge in [-0.2, -0.15) is 0 Å². The number of imide groups is 2. The Morgan fingerprint density at radius 1 is 1.03 bits per heavy atom. The summed E-state index contributed by atoms with van der Waals surface area (Å²) < 4.78 is 0. The highest BCUT2D eigenvalue weighted by molar-refractivity contribution is 6.29. The minimum absolute atomic E-state index is 0.0286. The Balaban J connectivity index is 1.85. The molecule has 0 aromatic heterocycles. The fourth-order valence-corrected chi connectivity index (χ4v) is 4.15. The average Bonchev–Trinajstić information content (AvgIpc) is 2.77. The van der Waals surface area contributed by atoms with E-state index in [1.54, 1.807) is 6.08 Å². The highest BCUT2D eigenvalue weighted by Gasteiger charge is 2.44. The van der Waals surface area contributed by atoms with Gasteiger partial charge in [-0.15, -0.1) is 11.6 Å². The Labute approximate surface area is 189 Å². The van der Waals surface area contributed by atoms with Gasteiger partial charge in [0.15, 0.2) is 0 Å². The van der Waals surface area contributed by atoms with Crippen LogP contribution in [-0.4, -0.2) is 60.2 Å². The Bertz CT molecular complexity index is 871. The third-order valence-corrected chi connectivity index (χ3v) is 6.05. The molecule has 6 nitrogen and oxygen atoms in total. The van der Waals surface area contributed by atoms with Crippen molar-refractivity contribution in [1.82, 2.24) is 9.80 Å². The second-order valence-corrected chi connectivity index (χ2v) is 8.55. The summed E-state index contributed by atoms with van der Waals surface area (Å²) >= 11 is 5.79. The molecule has 1 aromatic carbocycles. The minimum Gasteiger partial charge on any atom is -0.378 e. The number of alkyl halides is 1. The standard InChI is InChI=1S/C24H30ClN3O3/c1-26(2)19-14-12-18(13-15-19)8-6-11-21-22(29)27(17-7-16-25)24(31)28(23(21)30)20-9-4-3-5-10-20/h6,8,11-15,20H,3-5,7,9-10,16-17H2,1-2H3/b8-6+,21-11+. The first-order valence-electron chi connectivity index (χ1n) is 10.8. The van der Waals surface area contributed by atoms with E-state index in [0.29, 0.717) is 12.3 Å². The van der Waals surface area contributed by atoms with Crippen LogP contribution >= 0.6 is 11.6 Å². The number of anilines is 1. The zero-order valence-electron chi connectivity index (χ0n) is 18.2. The van der Waals surface area contributed by atoms with Gasteiger partial charge < -0.3 is 4.90 Å². The number of amides is 4. The minimum atomic E-state index is -0.542. The third kappa shape index (κ3) is 5.37. The number of rotatable bonds is 7. The number of halogens is 1. The van der Waals surface area contributed by atoms with Gasteiger partial charge in [0.1, 0.15) is 5.57 Å². The molecule has 0 spiro atoms. The predicted octanol–water partition coefficient (Wildman–Crippen LogP) is 4.44. The van der Waals surface area contributed by atoms with Crippen LogP contribution in [-0.2, 0) is 9.59 Å². The topological polar surface area (TPSA) is 60.9 Å². The number of hydrogen-bond donors (Lipinski definition) is 0. The summed E-state index contributed by atoms with van der Waals surface area (Å²) in [6.45, 7) is 0.213. The fraction of sp³-hybridized carbons (Fsp3) is 0.458. The van der Waals surface area contributed by atoms with Crippen LogP contribution in [0.4, 0.5) is 10.5 Å². The van der Waals surface area contributed by atoms with E-state index >= 15 is 0 Å². The van der Waals surface area contributed by atoms with E-state index in [1.807, 2.05) is 49.3 Å². The molecule has 1 aliphatic heterocycles. The van der Waals surface area contributed by atoms with Crippen LogP contribution in [0.15, 0.2) is 42.0 Å². The first-order chi connectivity index (χ1) is 14.9. The van der Waals surface area contributed by atoms with Gasteiger partial charge in [-0.3, -0.25) is 19.4 Å². The number of carbonyl (C=O) groups excluding carboxylic acids is 3. The Morgan fingerprint density at radius 3 is 2.32 bits per heavy atom. The number of benzene rings is 1. The molecule has 7 heteroatoms. The lowest BCUT2D eigenvalue weighted by atomic mass is 9.93. The van der Waals surface area contributed by atoms with Crippen LogP contribution in [0.5, 0.6) is 0 Å². The SMILES string of the molecule is CN(C)c1ccc(/C=C/C=C2\C(=O)N(CCCCl)C(=O)N(C3CCCCC3)C2=O)cc1. The third-order valence-electron chi connectivity index (χ3n) is 5.78. The van der Waals surface area contributed by atoms with Gasteiger partial charge in [-0.05, 0) is 43.0 Å².